The lowest BCUT2D eigenvalue weighted by molar-refractivity contribution is 0.0522. The smallest absolute Gasteiger partial charge is 0.407 e. The Labute approximate surface area is 152 Å². The molecule has 0 aromatic carbocycles. The number of rotatable bonds is 4. The summed E-state index contributed by atoms with van der Waals surface area (Å²) in [5.74, 6) is 0. The second-order valence-electron chi connectivity index (χ2n) is 7.41. The third kappa shape index (κ3) is 4.28. The van der Waals surface area contributed by atoms with Crippen molar-refractivity contribution in [3.8, 4) is 11.3 Å². The molecule has 0 spiro atoms. The summed E-state index contributed by atoms with van der Waals surface area (Å²) in [5, 5.41) is 3.45. The molecule has 25 heavy (non-hydrogen) atoms. The Morgan fingerprint density at radius 3 is 2.64 bits per heavy atom. The van der Waals surface area contributed by atoms with Crippen LogP contribution in [0.5, 0.6) is 0 Å². The van der Waals surface area contributed by atoms with E-state index in [1.807, 2.05) is 45.0 Å². The van der Waals surface area contributed by atoms with E-state index >= 15 is 0 Å². The lowest BCUT2D eigenvalue weighted by Gasteiger charge is -2.22. The van der Waals surface area contributed by atoms with Gasteiger partial charge in [0.25, 0.3) is 0 Å². The molecular weight excluding hydrogens is 338 g/mol. The van der Waals surface area contributed by atoms with Crippen LogP contribution < -0.4 is 5.32 Å². The van der Waals surface area contributed by atoms with Gasteiger partial charge in [-0.05, 0) is 51.8 Å². The van der Waals surface area contributed by atoms with Crippen LogP contribution >= 0.6 is 11.6 Å². The van der Waals surface area contributed by atoms with Crippen molar-refractivity contribution in [3.63, 3.8) is 0 Å². The Hall–Kier alpha value is -2.14. The van der Waals surface area contributed by atoms with Gasteiger partial charge in [-0.1, -0.05) is 17.7 Å². The summed E-state index contributed by atoms with van der Waals surface area (Å²) in [6.45, 7) is 5.99. The Kier molecular flexibility index (Phi) is 4.69. The van der Waals surface area contributed by atoms with E-state index < -0.39 is 11.7 Å². The van der Waals surface area contributed by atoms with E-state index in [1.165, 1.54) is 0 Å². The van der Waals surface area contributed by atoms with Crippen molar-refractivity contribution in [1.82, 2.24) is 15.3 Å². The molecule has 2 heterocycles. The number of carbonyl (C=O) groups is 1. The molecule has 0 atom stereocenters. The van der Waals surface area contributed by atoms with Crippen molar-refractivity contribution in [2.45, 2.75) is 44.6 Å². The zero-order valence-electron chi connectivity index (χ0n) is 14.7. The van der Waals surface area contributed by atoms with Crippen LogP contribution in [0.1, 0.15) is 39.3 Å². The first-order chi connectivity index (χ1) is 11.8. The number of nitrogens with zero attached hydrogens (tertiary/aromatic N) is 2. The summed E-state index contributed by atoms with van der Waals surface area (Å²) in [4.78, 5) is 20.8. The van der Waals surface area contributed by atoms with Crippen molar-refractivity contribution in [2.75, 3.05) is 6.54 Å². The van der Waals surface area contributed by atoms with Gasteiger partial charge in [0.1, 0.15) is 5.60 Å². The maximum absolute atomic E-state index is 11.9. The monoisotopic (exact) mass is 359 g/mol. The van der Waals surface area contributed by atoms with E-state index in [0.29, 0.717) is 11.6 Å². The van der Waals surface area contributed by atoms with Crippen LogP contribution in [-0.2, 0) is 10.2 Å². The number of pyridine rings is 2. The van der Waals surface area contributed by atoms with Gasteiger partial charge in [0.2, 0.25) is 0 Å². The number of hydrogen-bond donors (Lipinski definition) is 1. The average molecular weight is 360 g/mol. The third-order valence-corrected chi connectivity index (χ3v) is 4.42. The average Bonchev–Trinajstić information content (AvgIpc) is 3.33. The fraction of sp³-hybridized carbons (Fsp3) is 0.421. The predicted octanol–water partition coefficient (Wildman–Crippen LogP) is 4.35. The quantitative estimate of drug-likeness (QED) is 0.881. The fourth-order valence-corrected chi connectivity index (χ4v) is 3.07. The molecule has 2 aromatic heterocycles. The van der Waals surface area contributed by atoms with Gasteiger partial charge in [-0.2, -0.15) is 0 Å². The number of alkyl carbamates (subject to hydrolysis) is 1. The van der Waals surface area contributed by atoms with Gasteiger partial charge in [0, 0.05) is 29.9 Å². The molecule has 5 nitrogen and oxygen atoms in total. The molecule has 0 saturated heterocycles. The van der Waals surface area contributed by atoms with Gasteiger partial charge in [-0.15, -0.1) is 0 Å². The molecule has 0 bridgehead atoms. The number of hydrogen-bond acceptors (Lipinski definition) is 4. The van der Waals surface area contributed by atoms with E-state index in [9.17, 15) is 4.79 Å². The Morgan fingerprint density at radius 2 is 2.08 bits per heavy atom. The number of carbonyl (C=O) groups excluding carboxylic acids is 1. The van der Waals surface area contributed by atoms with Gasteiger partial charge < -0.3 is 10.1 Å². The highest BCUT2D eigenvalue weighted by Crippen LogP contribution is 2.49. The number of aromatic nitrogens is 2. The molecule has 1 saturated carbocycles. The molecule has 3 rings (SSSR count). The fourth-order valence-electron chi connectivity index (χ4n) is 2.71. The van der Waals surface area contributed by atoms with E-state index in [4.69, 9.17) is 16.3 Å². The predicted molar refractivity (Wildman–Crippen MR) is 97.6 cm³/mol. The third-order valence-electron chi connectivity index (χ3n) is 4.13. The Balaban J connectivity index is 1.72. The molecule has 2 aromatic rings. The maximum atomic E-state index is 11.9. The molecule has 0 unspecified atom stereocenters. The molecule has 1 amide bonds. The first kappa shape index (κ1) is 17.7. The first-order valence-corrected chi connectivity index (χ1v) is 8.71. The molecule has 1 aliphatic carbocycles. The minimum Gasteiger partial charge on any atom is -0.444 e. The summed E-state index contributed by atoms with van der Waals surface area (Å²) in [5.41, 5.74) is 1.83. The van der Waals surface area contributed by atoms with Crippen LogP contribution in [0, 0.1) is 0 Å². The highest BCUT2D eigenvalue weighted by molar-refractivity contribution is 6.31. The minimum atomic E-state index is -0.513. The molecular formula is C19H22ClN3O2. The van der Waals surface area contributed by atoms with Crippen molar-refractivity contribution in [3.05, 3.63) is 47.4 Å². The zero-order chi connectivity index (χ0) is 18.1. The van der Waals surface area contributed by atoms with Crippen molar-refractivity contribution >= 4 is 17.7 Å². The van der Waals surface area contributed by atoms with Gasteiger partial charge in [-0.3, -0.25) is 9.97 Å². The second-order valence-corrected chi connectivity index (χ2v) is 7.81. The first-order valence-electron chi connectivity index (χ1n) is 8.33. The Bertz CT molecular complexity index is 768. The van der Waals surface area contributed by atoms with E-state index in [2.05, 4.69) is 15.3 Å². The molecule has 6 heteroatoms. The molecule has 132 valence electrons. The van der Waals surface area contributed by atoms with Crippen LogP contribution in [0.4, 0.5) is 4.79 Å². The second kappa shape index (κ2) is 6.64. The zero-order valence-corrected chi connectivity index (χ0v) is 15.4. The van der Waals surface area contributed by atoms with Crippen molar-refractivity contribution < 1.29 is 9.53 Å². The van der Waals surface area contributed by atoms with E-state index in [0.717, 1.165) is 29.8 Å². The minimum absolute atomic E-state index is 0.198. The van der Waals surface area contributed by atoms with E-state index in [1.54, 1.807) is 12.4 Å². The van der Waals surface area contributed by atoms with Gasteiger partial charge in [0.05, 0.1) is 16.4 Å². The normalized spacial score (nSPS) is 15.5. The largest absolute Gasteiger partial charge is 0.444 e. The summed E-state index contributed by atoms with van der Waals surface area (Å²) in [6, 6.07) is 7.61. The highest BCUT2D eigenvalue weighted by atomic mass is 35.5. The van der Waals surface area contributed by atoms with Crippen molar-refractivity contribution in [2.24, 2.45) is 0 Å². The number of nitrogens with one attached hydrogen (secondary N) is 1. The number of amides is 1. The summed E-state index contributed by atoms with van der Waals surface area (Å²) >= 11 is 6.49. The summed E-state index contributed by atoms with van der Waals surface area (Å²) < 4.78 is 5.29. The lowest BCUT2D eigenvalue weighted by atomic mass is 10.0. The Morgan fingerprint density at radius 1 is 1.32 bits per heavy atom. The standard InChI is InChI=1S/C19H22ClN3O2/c1-18(2,3)25-17(24)23-12-19(7-8-19)16-14(20)10-13(11-22-16)15-6-4-5-9-21-15/h4-6,9-11H,7-8,12H2,1-3H3,(H,23,24). The topological polar surface area (TPSA) is 64.1 Å². The molecule has 0 radical (unpaired) electrons. The van der Waals surface area contributed by atoms with Gasteiger partial charge in [0.15, 0.2) is 0 Å². The lowest BCUT2D eigenvalue weighted by Crippen LogP contribution is -2.37. The summed E-state index contributed by atoms with van der Waals surface area (Å²) in [7, 11) is 0. The SMILES string of the molecule is CC(C)(C)OC(=O)NCC1(c2ncc(-c3ccccn3)cc2Cl)CC1. The molecule has 1 aliphatic rings. The van der Waals surface area contributed by atoms with Crippen LogP contribution in [-0.4, -0.2) is 28.2 Å². The van der Waals surface area contributed by atoms with Crippen LogP contribution in [0.15, 0.2) is 36.7 Å². The molecule has 1 N–H and O–H groups in total. The number of halogens is 1. The van der Waals surface area contributed by atoms with Crippen LogP contribution in [0.2, 0.25) is 5.02 Å². The van der Waals surface area contributed by atoms with Gasteiger partial charge >= 0.3 is 6.09 Å². The van der Waals surface area contributed by atoms with E-state index in [-0.39, 0.29) is 5.41 Å². The highest BCUT2D eigenvalue weighted by Gasteiger charge is 2.47. The van der Waals surface area contributed by atoms with Crippen LogP contribution in [0.25, 0.3) is 11.3 Å². The summed E-state index contributed by atoms with van der Waals surface area (Å²) in [6.07, 6.45) is 5.00. The maximum Gasteiger partial charge on any atom is 0.407 e. The molecule has 0 aliphatic heterocycles. The van der Waals surface area contributed by atoms with Crippen LogP contribution in [0.3, 0.4) is 0 Å². The van der Waals surface area contributed by atoms with Gasteiger partial charge in [-0.25, -0.2) is 4.79 Å². The molecule has 1 fully saturated rings. The van der Waals surface area contributed by atoms with Crippen molar-refractivity contribution in [1.29, 1.82) is 0 Å². The number of ether oxygens (including phenoxy) is 1.